The second-order valence-corrected chi connectivity index (χ2v) is 3.50. The predicted molar refractivity (Wildman–Crippen MR) is 59.2 cm³/mol. The Morgan fingerprint density at radius 2 is 1.86 bits per heavy atom. The number of nitrogens with one attached hydrogen (secondary N) is 1. The van der Waals surface area contributed by atoms with E-state index in [1.807, 2.05) is 0 Å². The summed E-state index contributed by atoms with van der Waals surface area (Å²) < 4.78 is 37.0. The number of alkyl halides is 3. The Bertz CT molecular complexity index is 316. The quantitative estimate of drug-likeness (QED) is 0.469. The monoisotopic (exact) mass is 338 g/mol. The van der Waals surface area contributed by atoms with Gasteiger partial charge in [0.1, 0.15) is 0 Å². The zero-order valence-corrected chi connectivity index (χ0v) is 9.70. The van der Waals surface area contributed by atoms with Crippen molar-refractivity contribution >= 4 is 40.7 Å². The first-order valence-electron chi connectivity index (χ1n) is 3.28. The Morgan fingerprint density at radius 1 is 1.29 bits per heavy atom. The zero-order valence-electron chi connectivity index (χ0n) is 6.73. The van der Waals surface area contributed by atoms with Gasteiger partial charge in [0.15, 0.2) is 0 Å². The summed E-state index contributed by atoms with van der Waals surface area (Å²) in [6.07, 6.45) is -4.33. The standard InChI is InChI=1S/C7H6F3IN2.ClH/c8-7(9,10)5-3-4(13-12)1-2-6(5)11;/h1-3,13H,12H2;1H. The fourth-order valence-corrected chi connectivity index (χ4v) is 1.47. The van der Waals surface area contributed by atoms with Gasteiger partial charge in [0, 0.05) is 9.26 Å². The molecule has 1 aromatic rings. The molecule has 0 bridgehead atoms. The Labute approximate surface area is 98.6 Å². The minimum atomic E-state index is -4.33. The average Bonchev–Trinajstić information content (AvgIpc) is 2.03. The van der Waals surface area contributed by atoms with Crippen LogP contribution in [0.4, 0.5) is 18.9 Å². The minimum Gasteiger partial charge on any atom is -0.324 e. The van der Waals surface area contributed by atoms with Crippen LogP contribution in [0.3, 0.4) is 0 Å². The maximum atomic E-state index is 12.3. The van der Waals surface area contributed by atoms with Crippen LogP contribution in [0.2, 0.25) is 0 Å². The highest BCUT2D eigenvalue weighted by Crippen LogP contribution is 2.34. The molecule has 14 heavy (non-hydrogen) atoms. The van der Waals surface area contributed by atoms with Crippen molar-refractivity contribution in [3.05, 3.63) is 27.3 Å². The summed E-state index contributed by atoms with van der Waals surface area (Å²) in [6.45, 7) is 0. The largest absolute Gasteiger partial charge is 0.417 e. The lowest BCUT2D eigenvalue weighted by Crippen LogP contribution is -2.11. The minimum absolute atomic E-state index is 0. The van der Waals surface area contributed by atoms with Gasteiger partial charge in [-0.15, -0.1) is 12.4 Å². The maximum Gasteiger partial charge on any atom is 0.417 e. The molecule has 3 N–H and O–H groups in total. The van der Waals surface area contributed by atoms with Crippen LogP contribution in [-0.2, 0) is 6.18 Å². The van der Waals surface area contributed by atoms with Crippen molar-refractivity contribution < 1.29 is 13.2 Å². The first-order valence-corrected chi connectivity index (χ1v) is 4.36. The van der Waals surface area contributed by atoms with E-state index in [-0.39, 0.29) is 21.7 Å². The van der Waals surface area contributed by atoms with E-state index in [0.29, 0.717) is 0 Å². The lowest BCUT2D eigenvalue weighted by Gasteiger charge is -2.10. The highest BCUT2D eigenvalue weighted by atomic mass is 127. The van der Waals surface area contributed by atoms with Gasteiger partial charge in [-0.25, -0.2) is 0 Å². The summed E-state index contributed by atoms with van der Waals surface area (Å²) in [7, 11) is 0. The highest BCUT2D eigenvalue weighted by molar-refractivity contribution is 14.1. The van der Waals surface area contributed by atoms with Gasteiger partial charge < -0.3 is 5.43 Å². The van der Waals surface area contributed by atoms with Gasteiger partial charge in [0.05, 0.1) is 5.56 Å². The molecule has 2 nitrogen and oxygen atoms in total. The van der Waals surface area contributed by atoms with Crippen LogP contribution in [0.1, 0.15) is 5.56 Å². The van der Waals surface area contributed by atoms with Gasteiger partial charge in [-0.3, -0.25) is 5.84 Å². The lowest BCUT2D eigenvalue weighted by atomic mass is 10.2. The second kappa shape index (κ2) is 5.04. The summed E-state index contributed by atoms with van der Waals surface area (Å²) >= 11 is 1.63. The third-order valence-electron chi connectivity index (χ3n) is 1.44. The van der Waals surface area contributed by atoms with Gasteiger partial charge in [0.25, 0.3) is 0 Å². The van der Waals surface area contributed by atoms with E-state index in [0.717, 1.165) is 6.07 Å². The number of nitrogens with two attached hydrogens (primary N) is 1. The van der Waals surface area contributed by atoms with Crippen molar-refractivity contribution in [3.8, 4) is 0 Å². The molecule has 80 valence electrons. The third-order valence-corrected chi connectivity index (χ3v) is 2.38. The van der Waals surface area contributed by atoms with Crippen molar-refractivity contribution in [2.75, 3.05) is 5.43 Å². The Morgan fingerprint density at radius 3 is 2.29 bits per heavy atom. The van der Waals surface area contributed by atoms with Crippen LogP contribution in [-0.4, -0.2) is 0 Å². The number of hydrogen-bond donors (Lipinski definition) is 2. The molecule has 0 radical (unpaired) electrons. The van der Waals surface area contributed by atoms with Crippen LogP contribution in [0.15, 0.2) is 18.2 Å². The van der Waals surface area contributed by atoms with E-state index < -0.39 is 11.7 Å². The molecule has 0 saturated carbocycles. The van der Waals surface area contributed by atoms with Gasteiger partial charge in [0.2, 0.25) is 0 Å². The third kappa shape index (κ3) is 3.18. The summed E-state index contributed by atoms with van der Waals surface area (Å²) in [6, 6.07) is 3.82. The summed E-state index contributed by atoms with van der Waals surface area (Å²) in [5.74, 6) is 4.99. The van der Waals surface area contributed by atoms with E-state index in [1.54, 1.807) is 22.6 Å². The van der Waals surface area contributed by atoms with E-state index >= 15 is 0 Å². The molecule has 0 fully saturated rings. The Balaban J connectivity index is 0.00000169. The van der Waals surface area contributed by atoms with E-state index in [2.05, 4.69) is 5.43 Å². The molecule has 0 saturated heterocycles. The number of halogens is 5. The SMILES string of the molecule is Cl.NNc1ccc(I)c(C(F)(F)F)c1. The number of hydrogen-bond acceptors (Lipinski definition) is 2. The van der Waals surface area contributed by atoms with E-state index in [1.165, 1.54) is 12.1 Å². The van der Waals surface area contributed by atoms with Gasteiger partial charge in [-0.2, -0.15) is 13.2 Å². The smallest absolute Gasteiger partial charge is 0.324 e. The van der Waals surface area contributed by atoms with Gasteiger partial charge >= 0.3 is 6.18 Å². The molecule has 0 heterocycles. The number of hydrazine groups is 1. The van der Waals surface area contributed by atoms with Crippen molar-refractivity contribution in [1.82, 2.24) is 0 Å². The van der Waals surface area contributed by atoms with E-state index in [4.69, 9.17) is 5.84 Å². The second-order valence-electron chi connectivity index (χ2n) is 2.34. The molecule has 7 heteroatoms. The molecule has 0 aliphatic heterocycles. The summed E-state index contributed by atoms with van der Waals surface area (Å²) in [4.78, 5) is 0. The molecular weight excluding hydrogens is 331 g/mol. The highest BCUT2D eigenvalue weighted by Gasteiger charge is 2.32. The van der Waals surface area contributed by atoms with Crippen molar-refractivity contribution in [1.29, 1.82) is 0 Å². The first kappa shape index (κ1) is 13.8. The van der Waals surface area contributed by atoms with E-state index in [9.17, 15) is 13.2 Å². The van der Waals surface area contributed by atoms with Gasteiger partial charge in [-0.05, 0) is 40.8 Å². The van der Waals surface area contributed by atoms with Crippen LogP contribution in [0, 0.1) is 3.57 Å². The Hall–Kier alpha value is -0.210. The average molecular weight is 338 g/mol. The van der Waals surface area contributed by atoms with Crippen LogP contribution in [0.25, 0.3) is 0 Å². The van der Waals surface area contributed by atoms with Crippen molar-refractivity contribution in [2.24, 2.45) is 5.84 Å². The molecule has 1 aromatic carbocycles. The van der Waals surface area contributed by atoms with Crippen molar-refractivity contribution in [2.45, 2.75) is 6.18 Å². The van der Waals surface area contributed by atoms with Crippen LogP contribution >= 0.6 is 35.0 Å². The van der Waals surface area contributed by atoms with Crippen LogP contribution < -0.4 is 11.3 Å². The normalized spacial score (nSPS) is 10.6. The predicted octanol–water partition coefficient (Wildman–Crippen LogP) is 3.02. The molecule has 1 rings (SSSR count). The first-order chi connectivity index (χ1) is 5.95. The van der Waals surface area contributed by atoms with Crippen molar-refractivity contribution in [3.63, 3.8) is 0 Å². The Kier molecular flexibility index (Phi) is 4.96. The van der Waals surface area contributed by atoms with Crippen LogP contribution in [0.5, 0.6) is 0 Å². The number of benzene rings is 1. The zero-order chi connectivity index (χ0) is 10.1. The molecule has 0 amide bonds. The summed E-state index contributed by atoms with van der Waals surface area (Å²) in [5, 5.41) is 0. The fourth-order valence-electron chi connectivity index (χ4n) is 0.832. The molecule has 0 aliphatic carbocycles. The molecule has 0 atom stereocenters. The fraction of sp³-hybridized carbons (Fsp3) is 0.143. The molecule has 0 aromatic heterocycles. The van der Waals surface area contributed by atoms with Gasteiger partial charge in [-0.1, -0.05) is 0 Å². The molecular formula is C7H7ClF3IN2. The molecule has 0 unspecified atom stereocenters. The maximum absolute atomic E-state index is 12.3. The molecule has 0 aliphatic rings. The molecule has 0 spiro atoms. The summed E-state index contributed by atoms with van der Waals surface area (Å²) in [5.41, 5.74) is 1.73. The number of rotatable bonds is 1. The lowest BCUT2D eigenvalue weighted by molar-refractivity contribution is -0.138. The number of anilines is 1. The topological polar surface area (TPSA) is 38.0 Å². The number of nitrogen functional groups attached to an aromatic ring is 1.